The van der Waals surface area contributed by atoms with Gasteiger partial charge in [-0.25, -0.2) is 4.39 Å². The van der Waals surface area contributed by atoms with Crippen LogP contribution in [0.5, 0.6) is 0 Å². The fourth-order valence-corrected chi connectivity index (χ4v) is 2.40. The second-order valence-electron chi connectivity index (χ2n) is 5.60. The van der Waals surface area contributed by atoms with Crippen LogP contribution in [-0.2, 0) is 6.54 Å². The van der Waals surface area contributed by atoms with Crippen LogP contribution < -0.4 is 5.32 Å². The molecule has 27 heavy (non-hydrogen) atoms. The van der Waals surface area contributed by atoms with Crippen LogP contribution >= 0.6 is 0 Å². The number of benzene rings is 1. The van der Waals surface area contributed by atoms with Gasteiger partial charge in [0.1, 0.15) is 11.5 Å². The Kier molecular flexibility index (Phi) is 4.40. The molecule has 0 aliphatic carbocycles. The van der Waals surface area contributed by atoms with E-state index in [0.717, 1.165) is 5.56 Å². The van der Waals surface area contributed by atoms with Gasteiger partial charge in [0.25, 0.3) is 5.91 Å². The van der Waals surface area contributed by atoms with Crippen molar-refractivity contribution in [2.45, 2.75) is 6.54 Å². The summed E-state index contributed by atoms with van der Waals surface area (Å²) in [5.41, 5.74) is 2.27. The molecule has 0 fully saturated rings. The zero-order valence-corrected chi connectivity index (χ0v) is 13.9. The van der Waals surface area contributed by atoms with Crippen LogP contribution in [0, 0.1) is 5.82 Å². The van der Waals surface area contributed by atoms with E-state index in [9.17, 15) is 9.18 Å². The SMILES string of the molecule is O=C(NCc1nc(-c2ccncc2)no1)c1cc(-c2ccc(F)cc2)n[nH]1. The number of H-pyrrole nitrogens is 1. The van der Waals surface area contributed by atoms with E-state index in [1.807, 2.05) is 0 Å². The summed E-state index contributed by atoms with van der Waals surface area (Å²) in [5, 5.41) is 13.3. The number of nitrogens with one attached hydrogen (secondary N) is 2. The number of carbonyl (C=O) groups is 1. The molecule has 9 heteroatoms. The van der Waals surface area contributed by atoms with Gasteiger partial charge in [0.05, 0.1) is 12.2 Å². The van der Waals surface area contributed by atoms with Crippen molar-refractivity contribution in [1.82, 2.24) is 30.6 Å². The highest BCUT2D eigenvalue weighted by Crippen LogP contribution is 2.18. The molecule has 1 aromatic carbocycles. The van der Waals surface area contributed by atoms with Gasteiger partial charge in [-0.1, -0.05) is 5.16 Å². The molecule has 4 aromatic rings. The zero-order valence-electron chi connectivity index (χ0n) is 13.9. The number of aromatic nitrogens is 5. The van der Waals surface area contributed by atoms with Crippen molar-refractivity contribution in [3.05, 3.63) is 72.3 Å². The van der Waals surface area contributed by atoms with Gasteiger partial charge in [-0.05, 0) is 42.5 Å². The molecule has 0 radical (unpaired) electrons. The van der Waals surface area contributed by atoms with Gasteiger partial charge in [-0.3, -0.25) is 14.9 Å². The summed E-state index contributed by atoms with van der Waals surface area (Å²) in [6, 6.07) is 10.9. The third kappa shape index (κ3) is 3.71. The van der Waals surface area contributed by atoms with Crippen molar-refractivity contribution in [3.8, 4) is 22.6 Å². The molecule has 0 aliphatic heterocycles. The van der Waals surface area contributed by atoms with Crippen LogP contribution in [-0.4, -0.2) is 31.2 Å². The van der Waals surface area contributed by atoms with E-state index >= 15 is 0 Å². The zero-order chi connectivity index (χ0) is 18.6. The lowest BCUT2D eigenvalue weighted by Crippen LogP contribution is -2.23. The lowest BCUT2D eigenvalue weighted by molar-refractivity contribution is 0.0941. The van der Waals surface area contributed by atoms with Gasteiger partial charge in [-0.15, -0.1) is 0 Å². The van der Waals surface area contributed by atoms with Crippen molar-refractivity contribution in [2.24, 2.45) is 0 Å². The number of halogens is 1. The van der Waals surface area contributed by atoms with Gasteiger partial charge in [0.15, 0.2) is 0 Å². The topological polar surface area (TPSA) is 110 Å². The lowest BCUT2D eigenvalue weighted by atomic mass is 10.1. The van der Waals surface area contributed by atoms with Gasteiger partial charge in [0.2, 0.25) is 11.7 Å². The Labute approximate surface area is 152 Å². The first-order valence-corrected chi connectivity index (χ1v) is 8.01. The second-order valence-corrected chi connectivity index (χ2v) is 5.60. The number of hydrogen-bond donors (Lipinski definition) is 2. The van der Waals surface area contributed by atoms with E-state index in [-0.39, 0.29) is 29.9 Å². The number of carbonyl (C=O) groups excluding carboxylic acids is 1. The maximum atomic E-state index is 13.0. The Balaban J connectivity index is 1.40. The van der Waals surface area contributed by atoms with Crippen LogP contribution in [0.3, 0.4) is 0 Å². The number of amides is 1. The first-order valence-electron chi connectivity index (χ1n) is 8.01. The molecule has 0 saturated carbocycles. The minimum atomic E-state index is -0.375. The van der Waals surface area contributed by atoms with E-state index in [0.29, 0.717) is 17.1 Å². The van der Waals surface area contributed by atoms with E-state index in [1.165, 1.54) is 12.1 Å². The van der Waals surface area contributed by atoms with Crippen molar-refractivity contribution in [2.75, 3.05) is 0 Å². The minimum Gasteiger partial charge on any atom is -0.342 e. The molecular formula is C18H13FN6O2. The molecule has 0 saturated heterocycles. The third-order valence-electron chi connectivity index (χ3n) is 3.77. The summed E-state index contributed by atoms with van der Waals surface area (Å²) in [4.78, 5) is 20.4. The Morgan fingerprint density at radius 2 is 1.89 bits per heavy atom. The second kappa shape index (κ2) is 7.16. The molecule has 4 rings (SSSR count). The van der Waals surface area contributed by atoms with Crippen LogP contribution in [0.15, 0.2) is 59.4 Å². The largest absolute Gasteiger partial charge is 0.342 e. The first kappa shape index (κ1) is 16.6. The molecular weight excluding hydrogens is 351 g/mol. The predicted octanol–water partition coefficient (Wildman–Crippen LogP) is 2.59. The fraction of sp³-hybridized carbons (Fsp3) is 0.0556. The Morgan fingerprint density at radius 1 is 1.11 bits per heavy atom. The molecule has 8 nitrogen and oxygen atoms in total. The molecule has 3 aromatic heterocycles. The number of pyridine rings is 1. The predicted molar refractivity (Wildman–Crippen MR) is 92.7 cm³/mol. The standard InChI is InChI=1S/C18H13FN6O2/c19-13-3-1-11(2-4-13)14-9-15(24-23-14)18(26)21-10-16-22-17(25-27-16)12-5-7-20-8-6-12/h1-9H,10H2,(H,21,26)(H,23,24). The quantitative estimate of drug-likeness (QED) is 0.563. The monoisotopic (exact) mass is 364 g/mol. The smallest absolute Gasteiger partial charge is 0.269 e. The normalized spacial score (nSPS) is 10.7. The first-order chi connectivity index (χ1) is 13.2. The lowest BCUT2D eigenvalue weighted by Gasteiger charge is -1.98. The van der Waals surface area contributed by atoms with Gasteiger partial charge in [0, 0.05) is 23.5 Å². The summed E-state index contributed by atoms with van der Waals surface area (Å²) in [7, 11) is 0. The molecule has 3 heterocycles. The third-order valence-corrected chi connectivity index (χ3v) is 3.77. The summed E-state index contributed by atoms with van der Waals surface area (Å²) < 4.78 is 18.1. The maximum absolute atomic E-state index is 13.0. The van der Waals surface area contributed by atoms with Gasteiger partial charge in [-0.2, -0.15) is 10.1 Å². The molecule has 134 valence electrons. The molecule has 1 amide bonds. The van der Waals surface area contributed by atoms with Crippen LogP contribution in [0.4, 0.5) is 4.39 Å². The van der Waals surface area contributed by atoms with Crippen molar-refractivity contribution >= 4 is 5.91 Å². The minimum absolute atomic E-state index is 0.0712. The summed E-state index contributed by atoms with van der Waals surface area (Å²) in [6.45, 7) is 0.0712. The number of nitrogens with zero attached hydrogens (tertiary/aromatic N) is 4. The number of aromatic amines is 1. The average molecular weight is 364 g/mol. The van der Waals surface area contributed by atoms with Crippen LogP contribution in [0.1, 0.15) is 16.4 Å². The molecule has 0 spiro atoms. The van der Waals surface area contributed by atoms with Gasteiger partial charge < -0.3 is 9.84 Å². The Hall–Kier alpha value is -3.88. The highest BCUT2D eigenvalue weighted by Gasteiger charge is 2.13. The van der Waals surface area contributed by atoms with Crippen LogP contribution in [0.2, 0.25) is 0 Å². The summed E-state index contributed by atoms with van der Waals surface area (Å²) >= 11 is 0. The average Bonchev–Trinajstić information content (AvgIpc) is 3.37. The molecule has 0 bridgehead atoms. The van der Waals surface area contributed by atoms with E-state index in [1.54, 1.807) is 42.7 Å². The maximum Gasteiger partial charge on any atom is 0.269 e. The summed E-state index contributed by atoms with van der Waals surface area (Å²) in [5.74, 6) is -0.0207. The molecule has 2 N–H and O–H groups in total. The summed E-state index contributed by atoms with van der Waals surface area (Å²) in [6.07, 6.45) is 3.26. The van der Waals surface area contributed by atoms with Crippen molar-refractivity contribution in [3.63, 3.8) is 0 Å². The Morgan fingerprint density at radius 3 is 2.67 bits per heavy atom. The number of rotatable bonds is 5. The van der Waals surface area contributed by atoms with E-state index in [4.69, 9.17) is 4.52 Å². The molecule has 0 aliphatic rings. The van der Waals surface area contributed by atoms with Crippen LogP contribution in [0.25, 0.3) is 22.6 Å². The van der Waals surface area contributed by atoms with E-state index in [2.05, 4.69) is 30.6 Å². The highest BCUT2D eigenvalue weighted by molar-refractivity contribution is 5.93. The van der Waals surface area contributed by atoms with E-state index < -0.39 is 0 Å². The van der Waals surface area contributed by atoms with Gasteiger partial charge >= 0.3 is 0 Å². The van der Waals surface area contributed by atoms with Crippen molar-refractivity contribution in [1.29, 1.82) is 0 Å². The fourth-order valence-electron chi connectivity index (χ4n) is 2.40. The van der Waals surface area contributed by atoms with Crippen molar-refractivity contribution < 1.29 is 13.7 Å². The highest BCUT2D eigenvalue weighted by atomic mass is 19.1. The molecule has 0 atom stereocenters. The Bertz CT molecular complexity index is 1060. The molecule has 0 unspecified atom stereocenters. The number of hydrogen-bond acceptors (Lipinski definition) is 6.